The lowest BCUT2D eigenvalue weighted by Crippen LogP contribution is -2.38. The summed E-state index contributed by atoms with van der Waals surface area (Å²) < 4.78 is 5.98. The second-order valence-corrected chi connectivity index (χ2v) is 7.16. The van der Waals surface area contributed by atoms with Gasteiger partial charge in [-0.1, -0.05) is 22.4 Å². The molecule has 3 rings (SSSR count). The first kappa shape index (κ1) is 16.1. The number of carboxylic acids is 1. The zero-order valence-electron chi connectivity index (χ0n) is 12.8. The molecule has 1 heterocycles. The fraction of sp³-hybridized carbons (Fsp3) is 0.500. The summed E-state index contributed by atoms with van der Waals surface area (Å²) in [5.74, 6) is -0.0859. The van der Waals surface area contributed by atoms with E-state index in [-0.39, 0.29) is 18.5 Å². The fourth-order valence-electron chi connectivity index (χ4n) is 3.75. The molecule has 1 saturated carbocycles. The first-order valence-corrected chi connectivity index (χ1v) is 8.38. The van der Waals surface area contributed by atoms with Crippen molar-refractivity contribution in [2.24, 2.45) is 11.3 Å². The van der Waals surface area contributed by atoms with Crippen LogP contribution in [0.2, 0.25) is 0 Å². The van der Waals surface area contributed by atoms with E-state index in [1.807, 2.05) is 0 Å². The maximum atomic E-state index is 12.5. The average molecular weight is 383 g/mol. The number of methoxy groups -OCH3 is 1. The maximum Gasteiger partial charge on any atom is 0.321 e. The molecule has 2 aliphatic rings. The van der Waals surface area contributed by atoms with E-state index >= 15 is 0 Å². The minimum absolute atomic E-state index is 0.0581. The van der Waals surface area contributed by atoms with E-state index in [4.69, 9.17) is 4.74 Å². The highest BCUT2D eigenvalue weighted by Gasteiger charge is 2.55. The Hall–Kier alpha value is -1.76. The molecule has 2 atom stereocenters. The van der Waals surface area contributed by atoms with Crippen molar-refractivity contribution in [2.45, 2.75) is 19.3 Å². The number of aliphatic carboxylic acids is 1. The van der Waals surface area contributed by atoms with Gasteiger partial charge in [0.1, 0.15) is 5.75 Å². The van der Waals surface area contributed by atoms with E-state index in [1.165, 1.54) is 0 Å². The third-order valence-corrected chi connectivity index (χ3v) is 5.40. The number of carbonyl (C=O) groups excluding carboxylic acids is 1. The van der Waals surface area contributed by atoms with Crippen molar-refractivity contribution in [2.75, 3.05) is 25.5 Å². The van der Waals surface area contributed by atoms with Gasteiger partial charge >= 0.3 is 12.0 Å². The Morgan fingerprint density at radius 2 is 2.22 bits per heavy atom. The highest BCUT2D eigenvalue weighted by Crippen LogP contribution is 2.48. The molecule has 1 aliphatic heterocycles. The number of fused-ring (bicyclic) bond motifs is 1. The van der Waals surface area contributed by atoms with Gasteiger partial charge in [0.05, 0.1) is 12.5 Å². The summed E-state index contributed by atoms with van der Waals surface area (Å²) in [5.41, 5.74) is -0.144. The second kappa shape index (κ2) is 6.03. The molecule has 1 aromatic carbocycles. The van der Waals surface area contributed by atoms with E-state index < -0.39 is 11.4 Å². The summed E-state index contributed by atoms with van der Waals surface area (Å²) in [6, 6.07) is 5.05. The van der Waals surface area contributed by atoms with Crippen molar-refractivity contribution in [1.82, 2.24) is 4.90 Å². The lowest BCUT2D eigenvalue weighted by atomic mass is 9.81. The molecule has 0 bridgehead atoms. The number of urea groups is 1. The van der Waals surface area contributed by atoms with Crippen LogP contribution in [-0.2, 0) is 4.79 Å². The zero-order valence-corrected chi connectivity index (χ0v) is 14.4. The number of benzene rings is 1. The molecule has 2 N–H and O–H groups in total. The predicted molar refractivity (Wildman–Crippen MR) is 88.7 cm³/mol. The number of nitrogens with zero attached hydrogens (tertiary/aromatic N) is 1. The van der Waals surface area contributed by atoms with Crippen molar-refractivity contribution in [3.05, 3.63) is 22.7 Å². The normalized spacial score (nSPS) is 26.0. The van der Waals surface area contributed by atoms with E-state index in [0.29, 0.717) is 24.4 Å². The van der Waals surface area contributed by atoms with Gasteiger partial charge in [-0.2, -0.15) is 0 Å². The van der Waals surface area contributed by atoms with E-state index in [9.17, 15) is 14.7 Å². The van der Waals surface area contributed by atoms with Gasteiger partial charge in [-0.3, -0.25) is 4.79 Å². The molecule has 1 aliphatic carbocycles. The molecule has 1 aromatic rings. The van der Waals surface area contributed by atoms with Crippen molar-refractivity contribution in [3.63, 3.8) is 0 Å². The van der Waals surface area contributed by atoms with Gasteiger partial charge in [-0.25, -0.2) is 4.79 Å². The highest BCUT2D eigenvalue weighted by molar-refractivity contribution is 9.10. The molecule has 0 unspecified atom stereocenters. The number of rotatable bonds is 3. The van der Waals surface area contributed by atoms with Crippen LogP contribution in [0.4, 0.5) is 10.5 Å². The van der Waals surface area contributed by atoms with Crippen molar-refractivity contribution in [3.8, 4) is 5.75 Å². The number of likely N-dealkylation sites (tertiary alicyclic amines) is 1. The van der Waals surface area contributed by atoms with E-state index in [0.717, 1.165) is 17.3 Å². The number of anilines is 1. The Kier molecular flexibility index (Phi) is 4.23. The van der Waals surface area contributed by atoms with Gasteiger partial charge < -0.3 is 20.1 Å². The molecular weight excluding hydrogens is 364 g/mol. The molecule has 0 radical (unpaired) electrons. The number of hydrogen-bond donors (Lipinski definition) is 2. The third-order valence-electron chi connectivity index (χ3n) is 4.94. The topological polar surface area (TPSA) is 78.9 Å². The second-order valence-electron chi connectivity index (χ2n) is 6.24. The van der Waals surface area contributed by atoms with Gasteiger partial charge in [-0.15, -0.1) is 0 Å². The number of ether oxygens (including phenoxy) is 1. The lowest BCUT2D eigenvalue weighted by Gasteiger charge is -2.23. The van der Waals surface area contributed by atoms with Crippen LogP contribution in [0.3, 0.4) is 0 Å². The summed E-state index contributed by atoms with van der Waals surface area (Å²) >= 11 is 3.37. The van der Waals surface area contributed by atoms with Crippen LogP contribution in [-0.4, -0.2) is 42.2 Å². The fourth-order valence-corrected chi connectivity index (χ4v) is 4.22. The molecule has 1 saturated heterocycles. The van der Waals surface area contributed by atoms with Crippen LogP contribution in [0.1, 0.15) is 19.3 Å². The molecule has 6 nitrogen and oxygen atoms in total. The smallest absolute Gasteiger partial charge is 0.321 e. The van der Waals surface area contributed by atoms with Crippen LogP contribution in [0, 0.1) is 11.3 Å². The molecule has 124 valence electrons. The highest BCUT2D eigenvalue weighted by atomic mass is 79.9. The van der Waals surface area contributed by atoms with Gasteiger partial charge in [0.2, 0.25) is 0 Å². The first-order chi connectivity index (χ1) is 10.9. The lowest BCUT2D eigenvalue weighted by molar-refractivity contribution is -0.149. The maximum absolute atomic E-state index is 12.5. The summed E-state index contributed by atoms with van der Waals surface area (Å²) in [4.78, 5) is 25.8. The van der Waals surface area contributed by atoms with Gasteiger partial charge in [-0.05, 0) is 30.9 Å². The largest absolute Gasteiger partial charge is 0.497 e. The standard InChI is InChI=1S/C16H19BrN2O4/c1-23-13-6-11(17)5-12(7-13)18-15(22)19-8-10-3-2-4-16(10,9-19)14(20)21/h5-7,10H,2-4,8-9H2,1H3,(H,18,22)(H,20,21)/t10-,16+/m0/s1. The Morgan fingerprint density at radius 3 is 2.87 bits per heavy atom. The van der Waals surface area contributed by atoms with Crippen LogP contribution in [0.15, 0.2) is 22.7 Å². The monoisotopic (exact) mass is 382 g/mol. The third kappa shape index (κ3) is 2.89. The zero-order chi connectivity index (χ0) is 16.6. The van der Waals surface area contributed by atoms with Crippen LogP contribution >= 0.6 is 15.9 Å². The van der Waals surface area contributed by atoms with E-state index in [2.05, 4.69) is 21.2 Å². The predicted octanol–water partition coefficient (Wildman–Crippen LogP) is 3.18. The Morgan fingerprint density at radius 1 is 1.43 bits per heavy atom. The SMILES string of the molecule is COc1cc(Br)cc(NC(=O)N2C[C@@H]3CCC[C@@]3(C(=O)O)C2)c1. The number of hydrogen-bond acceptors (Lipinski definition) is 3. The summed E-state index contributed by atoms with van der Waals surface area (Å²) in [6.45, 7) is 0.785. The number of carbonyl (C=O) groups is 2. The molecule has 0 spiro atoms. The number of carboxylic acid groups (broad SMARTS) is 1. The first-order valence-electron chi connectivity index (χ1n) is 7.58. The van der Waals surface area contributed by atoms with Crippen molar-refractivity contribution < 1.29 is 19.4 Å². The number of nitrogens with one attached hydrogen (secondary N) is 1. The van der Waals surface area contributed by atoms with Gasteiger partial charge in [0, 0.05) is 29.3 Å². The minimum Gasteiger partial charge on any atom is -0.497 e. The molecule has 7 heteroatoms. The Bertz CT molecular complexity index is 651. The Balaban J connectivity index is 1.73. The van der Waals surface area contributed by atoms with Crippen LogP contribution < -0.4 is 10.1 Å². The van der Waals surface area contributed by atoms with E-state index in [1.54, 1.807) is 30.2 Å². The minimum atomic E-state index is -0.778. The molecule has 2 fully saturated rings. The molecule has 23 heavy (non-hydrogen) atoms. The summed E-state index contributed by atoms with van der Waals surface area (Å²) in [5, 5.41) is 12.4. The summed E-state index contributed by atoms with van der Waals surface area (Å²) in [7, 11) is 1.56. The molecule has 2 amide bonds. The average Bonchev–Trinajstić information content (AvgIpc) is 3.04. The van der Waals surface area contributed by atoms with Crippen LogP contribution in [0.25, 0.3) is 0 Å². The van der Waals surface area contributed by atoms with Crippen molar-refractivity contribution >= 4 is 33.6 Å². The quantitative estimate of drug-likeness (QED) is 0.841. The van der Waals surface area contributed by atoms with Crippen molar-refractivity contribution in [1.29, 1.82) is 0 Å². The van der Waals surface area contributed by atoms with Gasteiger partial charge in [0.25, 0.3) is 0 Å². The Labute approximate surface area is 142 Å². The van der Waals surface area contributed by atoms with Crippen LogP contribution in [0.5, 0.6) is 5.75 Å². The molecule has 0 aromatic heterocycles. The number of halogens is 1. The van der Waals surface area contributed by atoms with Gasteiger partial charge in [0.15, 0.2) is 0 Å². The number of amides is 2. The molecular formula is C16H19BrN2O4. The summed E-state index contributed by atoms with van der Waals surface area (Å²) in [6.07, 6.45) is 2.46.